The summed E-state index contributed by atoms with van der Waals surface area (Å²) < 4.78 is 11.8. The van der Waals surface area contributed by atoms with Gasteiger partial charge in [-0.3, -0.25) is 4.79 Å². The molecule has 1 saturated carbocycles. The second-order valence-corrected chi connectivity index (χ2v) is 9.34. The number of ether oxygens (including phenoxy) is 2. The van der Waals surface area contributed by atoms with Gasteiger partial charge in [0.1, 0.15) is 12.2 Å². The molecule has 0 radical (unpaired) electrons. The molecule has 0 spiro atoms. The minimum atomic E-state index is -0.991. The lowest BCUT2D eigenvalue weighted by Gasteiger charge is -2.41. The van der Waals surface area contributed by atoms with Crippen LogP contribution in [-0.2, 0) is 9.53 Å². The quantitative estimate of drug-likeness (QED) is 0.604. The largest absolute Gasteiger partial charge is 0.474 e. The average Bonchev–Trinajstić information content (AvgIpc) is 2.80. The fourth-order valence-electron chi connectivity index (χ4n) is 4.04. The second kappa shape index (κ2) is 10.1. The van der Waals surface area contributed by atoms with Crippen LogP contribution < -0.4 is 15.4 Å². The zero-order chi connectivity index (χ0) is 24.4. The van der Waals surface area contributed by atoms with E-state index in [1.54, 1.807) is 30.4 Å². The summed E-state index contributed by atoms with van der Waals surface area (Å²) in [5, 5.41) is 10.1. The first kappa shape index (κ1) is 24.1. The number of morpholine rings is 1. The van der Waals surface area contributed by atoms with Crippen LogP contribution in [-0.4, -0.2) is 86.9 Å². The fourth-order valence-corrected chi connectivity index (χ4v) is 4.04. The lowest BCUT2D eigenvalue weighted by molar-refractivity contribution is -0.146. The van der Waals surface area contributed by atoms with Crippen molar-refractivity contribution < 1.29 is 19.4 Å². The molecule has 1 saturated heterocycles. The summed E-state index contributed by atoms with van der Waals surface area (Å²) in [6, 6.07) is 1.92. The van der Waals surface area contributed by atoms with Gasteiger partial charge in [0, 0.05) is 56.5 Å². The van der Waals surface area contributed by atoms with E-state index < -0.39 is 6.10 Å². The Balaban J connectivity index is 1.50. The van der Waals surface area contributed by atoms with Crippen molar-refractivity contribution in [2.24, 2.45) is 5.92 Å². The molecule has 2 aromatic rings. The number of hydrogen-bond donors (Lipinski definition) is 2. The molecular weight excluding hydrogens is 438 g/mol. The molecule has 1 aliphatic carbocycles. The Morgan fingerprint density at radius 3 is 2.65 bits per heavy atom. The Morgan fingerprint density at radius 1 is 1.29 bits per heavy atom. The van der Waals surface area contributed by atoms with Crippen LogP contribution >= 0.6 is 0 Å². The number of aliphatic hydroxyl groups excluding tert-OH is 1. The predicted molar refractivity (Wildman–Crippen MR) is 126 cm³/mol. The zero-order valence-electron chi connectivity index (χ0n) is 20.1. The van der Waals surface area contributed by atoms with E-state index in [4.69, 9.17) is 20.2 Å². The lowest BCUT2D eigenvalue weighted by atomic mass is 9.87. The standard InChI is InChI=1S/C23H33N7O4/c1-13(2)20(31)21(32)29(4)16-7-17(8-16)34-19-9-18(15-10-25-22(24)26-11-15)27-23(28-19)30-5-6-33-12-14(30)3/h9-11,13-14,16-17,20,31H,5-8,12H2,1-4H3,(H2,24,25,26)/t14-,16?,17?,20+/m0/s1. The summed E-state index contributed by atoms with van der Waals surface area (Å²) in [7, 11) is 1.73. The first-order chi connectivity index (χ1) is 16.2. The van der Waals surface area contributed by atoms with E-state index >= 15 is 0 Å². The number of nitrogens with two attached hydrogens (primary N) is 1. The topological polar surface area (TPSA) is 140 Å². The monoisotopic (exact) mass is 471 g/mol. The molecule has 34 heavy (non-hydrogen) atoms. The van der Waals surface area contributed by atoms with Crippen molar-refractivity contribution in [2.45, 2.75) is 57.9 Å². The third-order valence-electron chi connectivity index (χ3n) is 6.42. The number of amides is 1. The van der Waals surface area contributed by atoms with Crippen LogP contribution in [0.5, 0.6) is 5.88 Å². The molecule has 1 amide bonds. The van der Waals surface area contributed by atoms with Gasteiger partial charge in [-0.05, 0) is 12.8 Å². The third-order valence-corrected chi connectivity index (χ3v) is 6.42. The smallest absolute Gasteiger partial charge is 0.251 e. The first-order valence-electron chi connectivity index (χ1n) is 11.7. The van der Waals surface area contributed by atoms with E-state index in [-0.39, 0.29) is 36.0 Å². The molecule has 2 atom stereocenters. The molecule has 2 aliphatic rings. The molecule has 2 aromatic heterocycles. The minimum absolute atomic E-state index is 0.0245. The van der Waals surface area contributed by atoms with E-state index in [0.717, 1.165) is 0 Å². The van der Waals surface area contributed by atoms with Gasteiger partial charge < -0.3 is 30.1 Å². The number of nitrogen functional groups attached to an aromatic ring is 1. The molecule has 0 aromatic carbocycles. The van der Waals surface area contributed by atoms with Crippen LogP contribution in [0.2, 0.25) is 0 Å². The van der Waals surface area contributed by atoms with E-state index in [9.17, 15) is 9.90 Å². The number of carbonyl (C=O) groups excluding carboxylic acids is 1. The maximum absolute atomic E-state index is 12.4. The molecule has 1 aliphatic heterocycles. The van der Waals surface area contributed by atoms with Gasteiger partial charge in [-0.25, -0.2) is 15.0 Å². The highest BCUT2D eigenvalue weighted by atomic mass is 16.5. The van der Waals surface area contributed by atoms with Crippen molar-refractivity contribution >= 4 is 17.8 Å². The Bertz CT molecular complexity index is 997. The second-order valence-electron chi connectivity index (χ2n) is 9.34. The van der Waals surface area contributed by atoms with Crippen LogP contribution in [0.25, 0.3) is 11.3 Å². The lowest BCUT2D eigenvalue weighted by Crippen LogP contribution is -2.53. The van der Waals surface area contributed by atoms with Crippen LogP contribution in [0, 0.1) is 5.92 Å². The number of aliphatic hydroxyl groups is 1. The Labute approximate surface area is 199 Å². The van der Waals surface area contributed by atoms with Crippen molar-refractivity contribution in [3.8, 4) is 17.1 Å². The van der Waals surface area contributed by atoms with Gasteiger partial charge in [0.15, 0.2) is 0 Å². The van der Waals surface area contributed by atoms with E-state index in [2.05, 4.69) is 26.8 Å². The van der Waals surface area contributed by atoms with Crippen LogP contribution in [0.1, 0.15) is 33.6 Å². The van der Waals surface area contributed by atoms with Crippen molar-refractivity contribution in [1.82, 2.24) is 24.8 Å². The van der Waals surface area contributed by atoms with Crippen LogP contribution in [0.4, 0.5) is 11.9 Å². The van der Waals surface area contributed by atoms with Gasteiger partial charge in [0.25, 0.3) is 5.91 Å². The minimum Gasteiger partial charge on any atom is -0.474 e. The number of carbonyl (C=O) groups is 1. The molecule has 0 unspecified atom stereocenters. The number of nitrogens with zero attached hydrogens (tertiary/aromatic N) is 6. The maximum atomic E-state index is 12.4. The highest BCUT2D eigenvalue weighted by Crippen LogP contribution is 2.32. The van der Waals surface area contributed by atoms with Crippen molar-refractivity contribution in [3.63, 3.8) is 0 Å². The third kappa shape index (κ3) is 5.20. The molecule has 11 nitrogen and oxygen atoms in total. The Kier molecular flexibility index (Phi) is 7.13. The molecule has 2 fully saturated rings. The summed E-state index contributed by atoms with van der Waals surface area (Å²) in [5.74, 6) is 0.825. The van der Waals surface area contributed by atoms with Crippen LogP contribution in [0.3, 0.4) is 0 Å². The van der Waals surface area contributed by atoms with Gasteiger partial charge >= 0.3 is 0 Å². The van der Waals surface area contributed by atoms with Gasteiger partial charge in [0.05, 0.1) is 24.9 Å². The number of rotatable bonds is 7. The summed E-state index contributed by atoms with van der Waals surface area (Å²) in [6.45, 7) is 7.60. The van der Waals surface area contributed by atoms with Crippen molar-refractivity contribution in [3.05, 3.63) is 18.5 Å². The van der Waals surface area contributed by atoms with Crippen LogP contribution in [0.15, 0.2) is 18.5 Å². The highest BCUT2D eigenvalue weighted by molar-refractivity contribution is 5.81. The van der Waals surface area contributed by atoms with Gasteiger partial charge in [-0.1, -0.05) is 13.8 Å². The molecule has 11 heteroatoms. The highest BCUT2D eigenvalue weighted by Gasteiger charge is 2.38. The number of hydrogen-bond acceptors (Lipinski definition) is 10. The maximum Gasteiger partial charge on any atom is 0.251 e. The molecule has 0 bridgehead atoms. The van der Waals surface area contributed by atoms with E-state index in [1.807, 2.05) is 13.8 Å². The number of aromatic nitrogens is 4. The van der Waals surface area contributed by atoms with E-state index in [1.165, 1.54) is 0 Å². The van der Waals surface area contributed by atoms with Crippen molar-refractivity contribution in [2.75, 3.05) is 37.4 Å². The normalized spacial score (nSPS) is 23.4. The Hall–Kier alpha value is -3.05. The van der Waals surface area contributed by atoms with Gasteiger partial charge in [-0.2, -0.15) is 4.98 Å². The summed E-state index contributed by atoms with van der Waals surface area (Å²) >= 11 is 0. The predicted octanol–water partition coefficient (Wildman–Crippen LogP) is 1.13. The van der Waals surface area contributed by atoms with Crippen molar-refractivity contribution in [1.29, 1.82) is 0 Å². The summed E-state index contributed by atoms with van der Waals surface area (Å²) in [6.07, 6.45) is 3.51. The molecule has 3 heterocycles. The van der Waals surface area contributed by atoms with Gasteiger partial charge in [-0.15, -0.1) is 0 Å². The number of likely N-dealkylation sites (N-methyl/N-ethyl adjacent to an activating group) is 1. The number of anilines is 2. The molecular formula is C23H33N7O4. The SMILES string of the molecule is CC(C)[C@@H](O)C(=O)N(C)C1CC(Oc2cc(-c3cnc(N)nc3)nc(N3CCOC[C@@H]3C)n2)C1. The summed E-state index contributed by atoms with van der Waals surface area (Å²) in [4.78, 5) is 33.7. The Morgan fingerprint density at radius 2 is 2.00 bits per heavy atom. The molecule has 4 rings (SSSR count). The first-order valence-corrected chi connectivity index (χ1v) is 11.7. The van der Waals surface area contributed by atoms with Gasteiger partial charge in [0.2, 0.25) is 17.8 Å². The fraction of sp³-hybridized carbons (Fsp3) is 0.609. The zero-order valence-corrected chi connectivity index (χ0v) is 20.1. The molecule has 184 valence electrons. The van der Waals surface area contributed by atoms with E-state index in [0.29, 0.717) is 55.7 Å². The summed E-state index contributed by atoms with van der Waals surface area (Å²) in [5.41, 5.74) is 6.99. The molecule has 3 N–H and O–H groups in total. The average molecular weight is 472 g/mol.